The van der Waals surface area contributed by atoms with Gasteiger partial charge in [0.25, 0.3) is 0 Å². The predicted molar refractivity (Wildman–Crippen MR) is 86.6 cm³/mol. The highest BCUT2D eigenvalue weighted by Gasteiger charge is 2.10. The fourth-order valence-electron chi connectivity index (χ4n) is 1.44. The number of aromatic nitrogens is 2. The highest BCUT2D eigenvalue weighted by molar-refractivity contribution is 14.0. The van der Waals surface area contributed by atoms with Gasteiger partial charge in [-0.3, -0.25) is 4.57 Å². The van der Waals surface area contributed by atoms with Crippen molar-refractivity contribution in [2.75, 3.05) is 13.1 Å². The summed E-state index contributed by atoms with van der Waals surface area (Å²) in [6.07, 6.45) is 2.61. The maximum atomic E-state index is 12.6. The Morgan fingerprint density at radius 1 is 1.40 bits per heavy atom. The summed E-state index contributed by atoms with van der Waals surface area (Å²) < 4.78 is 26.1. The van der Waals surface area contributed by atoms with Crippen molar-refractivity contribution in [1.29, 1.82) is 0 Å². The average molecular weight is 401 g/mol. The van der Waals surface area contributed by atoms with Crippen molar-refractivity contribution in [1.82, 2.24) is 20.2 Å². The molecule has 20 heavy (non-hydrogen) atoms. The van der Waals surface area contributed by atoms with Crippen molar-refractivity contribution in [3.63, 3.8) is 0 Å². The lowest BCUT2D eigenvalue weighted by Gasteiger charge is -2.13. The van der Waals surface area contributed by atoms with Crippen LogP contribution in [0.25, 0.3) is 0 Å². The van der Waals surface area contributed by atoms with E-state index >= 15 is 0 Å². The fourth-order valence-corrected chi connectivity index (χ4v) is 1.44. The number of guanidine groups is 1. The van der Waals surface area contributed by atoms with Crippen LogP contribution in [0.3, 0.4) is 0 Å². The van der Waals surface area contributed by atoms with Crippen LogP contribution in [0.2, 0.25) is 0 Å². The van der Waals surface area contributed by atoms with Crippen LogP contribution in [0.4, 0.5) is 8.78 Å². The minimum atomic E-state index is -2.58. The van der Waals surface area contributed by atoms with Gasteiger partial charge in [0.1, 0.15) is 12.4 Å². The third kappa shape index (κ3) is 6.49. The molecule has 0 aromatic carbocycles. The van der Waals surface area contributed by atoms with Crippen LogP contribution < -0.4 is 10.6 Å². The standard InChI is InChI=1S/C12H21F2N5.HI/c1-4-15-12(17-7-9(2)3)18-8-10-16-5-6-19(10)11(13)14;/h5-6,9,11H,4,7-8H2,1-3H3,(H2,15,17,18);1H. The molecule has 0 amide bonds. The maximum Gasteiger partial charge on any atom is 0.319 e. The molecule has 0 saturated carbocycles. The first-order valence-electron chi connectivity index (χ1n) is 6.36. The zero-order valence-electron chi connectivity index (χ0n) is 11.9. The van der Waals surface area contributed by atoms with Crippen molar-refractivity contribution >= 4 is 29.9 Å². The molecule has 1 rings (SSSR count). The van der Waals surface area contributed by atoms with Crippen LogP contribution in [-0.2, 0) is 6.54 Å². The molecule has 1 heterocycles. The summed E-state index contributed by atoms with van der Waals surface area (Å²) in [5.74, 6) is 1.34. The number of nitrogens with one attached hydrogen (secondary N) is 2. The Morgan fingerprint density at radius 3 is 2.65 bits per heavy atom. The summed E-state index contributed by atoms with van der Waals surface area (Å²) in [6.45, 7) is 5.14. The molecule has 1 aromatic heterocycles. The number of rotatable bonds is 6. The van der Waals surface area contributed by atoms with Crippen LogP contribution in [0, 0.1) is 5.92 Å². The highest BCUT2D eigenvalue weighted by Crippen LogP contribution is 2.12. The van der Waals surface area contributed by atoms with Gasteiger partial charge in [-0.1, -0.05) is 13.8 Å². The van der Waals surface area contributed by atoms with Crippen LogP contribution in [-0.4, -0.2) is 28.6 Å². The first-order chi connectivity index (χ1) is 9.04. The Hall–Kier alpha value is -0.930. The van der Waals surface area contributed by atoms with Gasteiger partial charge < -0.3 is 10.6 Å². The number of hydrogen-bond donors (Lipinski definition) is 2. The summed E-state index contributed by atoms with van der Waals surface area (Å²) >= 11 is 0. The largest absolute Gasteiger partial charge is 0.357 e. The summed E-state index contributed by atoms with van der Waals surface area (Å²) in [6, 6.07) is 0. The Balaban J connectivity index is 0.00000361. The number of hydrogen-bond acceptors (Lipinski definition) is 2. The maximum absolute atomic E-state index is 12.6. The molecule has 2 N–H and O–H groups in total. The van der Waals surface area contributed by atoms with E-state index in [1.165, 1.54) is 12.4 Å². The SMILES string of the molecule is CCNC(=NCc1nccn1C(F)F)NCC(C)C.I. The molecule has 8 heteroatoms. The minimum absolute atomic E-state index is 0. The molecule has 116 valence electrons. The lowest BCUT2D eigenvalue weighted by molar-refractivity contribution is 0.0671. The highest BCUT2D eigenvalue weighted by atomic mass is 127. The Morgan fingerprint density at radius 2 is 2.10 bits per heavy atom. The lowest BCUT2D eigenvalue weighted by atomic mass is 10.2. The molecule has 0 unspecified atom stereocenters. The van der Waals surface area contributed by atoms with Gasteiger partial charge in [0.05, 0.1) is 0 Å². The van der Waals surface area contributed by atoms with E-state index in [0.29, 0.717) is 18.4 Å². The smallest absolute Gasteiger partial charge is 0.319 e. The Kier molecular flexibility index (Phi) is 9.43. The molecule has 0 aliphatic carbocycles. The number of alkyl halides is 2. The van der Waals surface area contributed by atoms with Gasteiger partial charge in [-0.25, -0.2) is 9.98 Å². The van der Waals surface area contributed by atoms with E-state index in [1.807, 2.05) is 6.92 Å². The Bertz CT molecular complexity index is 406. The van der Waals surface area contributed by atoms with E-state index < -0.39 is 6.55 Å². The third-order valence-corrected chi connectivity index (χ3v) is 2.36. The fraction of sp³-hybridized carbons (Fsp3) is 0.667. The van der Waals surface area contributed by atoms with E-state index in [-0.39, 0.29) is 36.3 Å². The van der Waals surface area contributed by atoms with Crippen molar-refractivity contribution < 1.29 is 8.78 Å². The summed E-state index contributed by atoms with van der Waals surface area (Å²) in [7, 11) is 0. The van der Waals surface area contributed by atoms with Crippen LogP contribution >= 0.6 is 24.0 Å². The van der Waals surface area contributed by atoms with Gasteiger partial charge in [-0.2, -0.15) is 8.78 Å². The molecule has 5 nitrogen and oxygen atoms in total. The molecular weight excluding hydrogens is 379 g/mol. The number of nitrogens with zero attached hydrogens (tertiary/aromatic N) is 3. The van der Waals surface area contributed by atoms with Gasteiger partial charge >= 0.3 is 6.55 Å². The van der Waals surface area contributed by atoms with Gasteiger partial charge in [-0.05, 0) is 12.8 Å². The first kappa shape index (κ1) is 19.1. The molecule has 0 atom stereocenters. The minimum Gasteiger partial charge on any atom is -0.357 e. The van der Waals surface area contributed by atoms with Gasteiger partial charge in [0.2, 0.25) is 0 Å². The molecular formula is C12H22F2IN5. The number of halogens is 3. The second kappa shape index (κ2) is 9.89. The second-order valence-electron chi connectivity index (χ2n) is 4.50. The summed E-state index contributed by atoms with van der Waals surface area (Å²) in [5, 5.41) is 6.21. The van der Waals surface area contributed by atoms with Crippen LogP contribution in [0.15, 0.2) is 17.4 Å². The van der Waals surface area contributed by atoms with E-state index in [2.05, 4.69) is 34.5 Å². The molecule has 0 fully saturated rings. The van der Waals surface area contributed by atoms with Crippen molar-refractivity contribution in [2.24, 2.45) is 10.9 Å². The van der Waals surface area contributed by atoms with E-state index in [1.54, 1.807) is 0 Å². The van der Waals surface area contributed by atoms with Crippen molar-refractivity contribution in [2.45, 2.75) is 33.9 Å². The average Bonchev–Trinajstić information content (AvgIpc) is 2.81. The van der Waals surface area contributed by atoms with Gasteiger partial charge in [0.15, 0.2) is 5.96 Å². The molecule has 0 aliphatic rings. The number of imidazole rings is 1. The lowest BCUT2D eigenvalue weighted by Crippen LogP contribution is -2.39. The Labute approximate surface area is 135 Å². The monoisotopic (exact) mass is 401 g/mol. The normalized spacial score (nSPS) is 11.7. The summed E-state index contributed by atoms with van der Waals surface area (Å²) in [4.78, 5) is 8.13. The van der Waals surface area contributed by atoms with Crippen molar-refractivity contribution in [3.05, 3.63) is 18.2 Å². The molecule has 0 radical (unpaired) electrons. The predicted octanol–water partition coefficient (Wildman–Crippen LogP) is 2.61. The third-order valence-electron chi connectivity index (χ3n) is 2.36. The van der Waals surface area contributed by atoms with Crippen LogP contribution in [0.1, 0.15) is 33.1 Å². The molecule has 0 saturated heterocycles. The van der Waals surface area contributed by atoms with Gasteiger partial charge in [-0.15, -0.1) is 24.0 Å². The first-order valence-corrected chi connectivity index (χ1v) is 6.36. The quantitative estimate of drug-likeness (QED) is 0.438. The van der Waals surface area contributed by atoms with E-state index in [0.717, 1.165) is 11.1 Å². The molecule has 0 aliphatic heterocycles. The van der Waals surface area contributed by atoms with Gasteiger partial charge in [0, 0.05) is 25.5 Å². The number of aliphatic imine (C=N–C) groups is 1. The molecule has 0 spiro atoms. The zero-order chi connectivity index (χ0) is 14.3. The molecule has 1 aromatic rings. The van der Waals surface area contributed by atoms with E-state index in [9.17, 15) is 8.78 Å². The van der Waals surface area contributed by atoms with Crippen molar-refractivity contribution in [3.8, 4) is 0 Å². The topological polar surface area (TPSA) is 54.2 Å². The second-order valence-corrected chi connectivity index (χ2v) is 4.50. The summed E-state index contributed by atoms with van der Waals surface area (Å²) in [5.41, 5.74) is 0. The zero-order valence-corrected chi connectivity index (χ0v) is 14.3. The molecule has 0 bridgehead atoms. The van der Waals surface area contributed by atoms with Crippen LogP contribution in [0.5, 0.6) is 0 Å². The van der Waals surface area contributed by atoms with E-state index in [4.69, 9.17) is 0 Å².